The van der Waals surface area contributed by atoms with Crippen LogP contribution < -0.4 is 0 Å². The van der Waals surface area contributed by atoms with Crippen LogP contribution in [0.4, 0.5) is 4.39 Å². The van der Waals surface area contributed by atoms with Crippen molar-refractivity contribution >= 4 is 10.9 Å². The minimum Gasteiger partial charge on any atom is -0.505 e. The molecule has 1 heterocycles. The van der Waals surface area contributed by atoms with Crippen LogP contribution in [0.3, 0.4) is 0 Å². The van der Waals surface area contributed by atoms with E-state index < -0.39 is 17.0 Å². The third kappa shape index (κ3) is 2.56. The van der Waals surface area contributed by atoms with Crippen molar-refractivity contribution in [2.24, 2.45) is 0 Å². The molecular weight excluding hydrogens is 351 g/mol. The fourth-order valence-electron chi connectivity index (χ4n) is 3.83. The molecule has 0 fully saturated rings. The number of hydrogen-bond donors (Lipinski definition) is 2. The molecule has 0 amide bonds. The van der Waals surface area contributed by atoms with Crippen LogP contribution in [0.2, 0.25) is 0 Å². The van der Waals surface area contributed by atoms with E-state index in [1.54, 1.807) is 6.07 Å². The number of H-pyrrole nitrogens is 1. The number of phenolic OH excluding ortho intramolecular Hbond substituents is 1. The average molecular weight is 370 g/mol. The monoisotopic (exact) mass is 370 g/mol. The Balaban J connectivity index is 2.06. The standard InChI is InChI=1S/C24H19FN2O/c1-15-16(2)27-22-13-19(8-10-20(15)22)24(14-26,17-6-4-3-5-7-17)18-9-11-23(28)21(25)12-18/h3-13,27-28H,1-2H3. The van der Waals surface area contributed by atoms with E-state index >= 15 is 0 Å². The van der Waals surface area contributed by atoms with Gasteiger partial charge >= 0.3 is 0 Å². The molecule has 0 saturated carbocycles. The minimum absolute atomic E-state index is 0.435. The van der Waals surface area contributed by atoms with Crippen LogP contribution in [-0.4, -0.2) is 10.1 Å². The fraction of sp³-hybridized carbons (Fsp3) is 0.125. The van der Waals surface area contributed by atoms with E-state index in [9.17, 15) is 14.8 Å². The minimum atomic E-state index is -1.21. The summed E-state index contributed by atoms with van der Waals surface area (Å²) < 4.78 is 14.2. The Labute approximate surface area is 162 Å². The molecular formula is C24H19FN2O. The number of phenols is 1. The zero-order chi connectivity index (χ0) is 19.9. The van der Waals surface area contributed by atoms with E-state index in [2.05, 4.69) is 18.0 Å². The van der Waals surface area contributed by atoms with E-state index in [0.29, 0.717) is 5.56 Å². The van der Waals surface area contributed by atoms with Crippen molar-refractivity contribution in [3.8, 4) is 11.8 Å². The Kier molecular flexibility index (Phi) is 4.16. The molecule has 0 aliphatic carbocycles. The molecule has 4 rings (SSSR count). The van der Waals surface area contributed by atoms with Gasteiger partial charge in [0.05, 0.1) is 6.07 Å². The maximum absolute atomic E-state index is 14.2. The van der Waals surface area contributed by atoms with Gasteiger partial charge in [-0.2, -0.15) is 5.26 Å². The van der Waals surface area contributed by atoms with Gasteiger partial charge in [-0.1, -0.05) is 48.5 Å². The number of hydrogen-bond acceptors (Lipinski definition) is 2. The molecule has 1 unspecified atom stereocenters. The van der Waals surface area contributed by atoms with Gasteiger partial charge in [-0.3, -0.25) is 0 Å². The molecule has 4 aromatic rings. The topological polar surface area (TPSA) is 59.8 Å². The lowest BCUT2D eigenvalue weighted by Gasteiger charge is -2.29. The fourth-order valence-corrected chi connectivity index (χ4v) is 3.83. The molecule has 1 aromatic heterocycles. The van der Waals surface area contributed by atoms with Gasteiger partial charge in [-0.15, -0.1) is 0 Å². The van der Waals surface area contributed by atoms with Crippen molar-refractivity contribution in [2.45, 2.75) is 19.3 Å². The van der Waals surface area contributed by atoms with Gasteiger partial charge in [0.2, 0.25) is 0 Å². The molecule has 4 heteroatoms. The third-order valence-electron chi connectivity index (χ3n) is 5.50. The number of aryl methyl sites for hydroxylation is 2. The molecule has 138 valence electrons. The average Bonchev–Trinajstić information content (AvgIpc) is 3.00. The predicted molar refractivity (Wildman–Crippen MR) is 108 cm³/mol. The summed E-state index contributed by atoms with van der Waals surface area (Å²) in [6.45, 7) is 4.07. The molecule has 2 N–H and O–H groups in total. The molecule has 3 nitrogen and oxygen atoms in total. The first kappa shape index (κ1) is 17.8. The van der Waals surface area contributed by atoms with Crippen molar-refractivity contribution in [3.63, 3.8) is 0 Å². The Morgan fingerprint density at radius 3 is 2.29 bits per heavy atom. The Morgan fingerprint density at radius 2 is 1.61 bits per heavy atom. The Hall–Kier alpha value is -3.58. The second-order valence-electron chi connectivity index (χ2n) is 7.03. The lowest BCUT2D eigenvalue weighted by molar-refractivity contribution is 0.431. The molecule has 3 aromatic carbocycles. The van der Waals surface area contributed by atoms with Crippen LogP contribution in [0, 0.1) is 31.0 Å². The van der Waals surface area contributed by atoms with Crippen LogP contribution in [0.25, 0.3) is 10.9 Å². The van der Waals surface area contributed by atoms with E-state index in [1.807, 2.05) is 55.5 Å². The van der Waals surface area contributed by atoms with Crippen LogP contribution in [0.15, 0.2) is 66.7 Å². The van der Waals surface area contributed by atoms with E-state index in [0.717, 1.165) is 27.7 Å². The predicted octanol–water partition coefficient (Wildman–Crippen LogP) is 5.49. The second-order valence-corrected chi connectivity index (χ2v) is 7.03. The van der Waals surface area contributed by atoms with Gasteiger partial charge in [0, 0.05) is 16.6 Å². The summed E-state index contributed by atoms with van der Waals surface area (Å²) >= 11 is 0. The quantitative estimate of drug-likeness (QED) is 0.469. The number of benzene rings is 3. The number of halogens is 1. The normalized spacial score (nSPS) is 13.2. The summed E-state index contributed by atoms with van der Waals surface area (Å²) in [5, 5.41) is 21.1. The smallest absolute Gasteiger partial charge is 0.165 e. The summed E-state index contributed by atoms with van der Waals surface area (Å²) in [5.74, 6) is -1.18. The molecule has 0 saturated heterocycles. The first-order valence-corrected chi connectivity index (χ1v) is 9.02. The maximum Gasteiger partial charge on any atom is 0.165 e. The van der Waals surface area contributed by atoms with E-state index in [1.165, 1.54) is 17.7 Å². The maximum atomic E-state index is 14.2. The summed E-state index contributed by atoms with van der Waals surface area (Å²) in [6, 6.07) is 21.8. The molecule has 1 atom stereocenters. The van der Waals surface area contributed by atoms with E-state index in [4.69, 9.17) is 0 Å². The molecule has 0 bridgehead atoms. The van der Waals surface area contributed by atoms with Gasteiger partial charge in [0.15, 0.2) is 11.6 Å². The van der Waals surface area contributed by atoms with Gasteiger partial charge in [-0.25, -0.2) is 4.39 Å². The number of nitriles is 1. The lowest BCUT2D eigenvalue weighted by atomic mass is 9.70. The van der Waals surface area contributed by atoms with Gasteiger partial charge in [0.25, 0.3) is 0 Å². The zero-order valence-corrected chi connectivity index (χ0v) is 15.6. The highest BCUT2D eigenvalue weighted by molar-refractivity contribution is 5.85. The first-order chi connectivity index (χ1) is 13.5. The number of aromatic hydroxyl groups is 1. The second kappa shape index (κ2) is 6.54. The number of nitrogens with zero attached hydrogens (tertiary/aromatic N) is 1. The highest BCUT2D eigenvalue weighted by Gasteiger charge is 2.37. The van der Waals surface area contributed by atoms with Crippen molar-refractivity contribution in [2.75, 3.05) is 0 Å². The number of rotatable bonds is 3. The van der Waals surface area contributed by atoms with E-state index in [-0.39, 0.29) is 0 Å². The van der Waals surface area contributed by atoms with Crippen LogP contribution in [0.5, 0.6) is 5.75 Å². The van der Waals surface area contributed by atoms with Gasteiger partial charge < -0.3 is 10.1 Å². The van der Waals surface area contributed by atoms with Crippen LogP contribution in [-0.2, 0) is 5.41 Å². The Morgan fingerprint density at radius 1 is 0.929 bits per heavy atom. The lowest BCUT2D eigenvalue weighted by Crippen LogP contribution is -2.27. The molecule has 0 aliphatic rings. The van der Waals surface area contributed by atoms with Crippen molar-refractivity contribution < 1.29 is 9.50 Å². The summed E-state index contributed by atoms with van der Waals surface area (Å²) in [6.07, 6.45) is 0. The van der Waals surface area contributed by atoms with Crippen molar-refractivity contribution in [1.29, 1.82) is 5.26 Å². The van der Waals surface area contributed by atoms with Gasteiger partial charge in [-0.05, 0) is 54.3 Å². The molecule has 0 aliphatic heterocycles. The van der Waals surface area contributed by atoms with Crippen LogP contribution >= 0.6 is 0 Å². The number of aromatic nitrogens is 1. The van der Waals surface area contributed by atoms with Crippen LogP contribution in [0.1, 0.15) is 27.9 Å². The third-order valence-corrected chi connectivity index (χ3v) is 5.50. The largest absolute Gasteiger partial charge is 0.505 e. The SMILES string of the molecule is Cc1[nH]c2cc(C(C#N)(c3ccccc3)c3ccc(O)c(F)c3)ccc2c1C. The first-order valence-electron chi connectivity index (χ1n) is 9.02. The number of aromatic amines is 1. The summed E-state index contributed by atoms with van der Waals surface area (Å²) in [5.41, 5.74) is 3.90. The summed E-state index contributed by atoms with van der Waals surface area (Å²) in [4.78, 5) is 3.36. The highest BCUT2D eigenvalue weighted by atomic mass is 19.1. The number of fused-ring (bicyclic) bond motifs is 1. The zero-order valence-electron chi connectivity index (χ0n) is 15.6. The highest BCUT2D eigenvalue weighted by Crippen LogP contribution is 2.41. The summed E-state index contributed by atoms with van der Waals surface area (Å²) in [7, 11) is 0. The van der Waals surface area contributed by atoms with Crippen molar-refractivity contribution in [3.05, 3.63) is 100 Å². The Bertz CT molecular complexity index is 1220. The molecule has 28 heavy (non-hydrogen) atoms. The van der Waals surface area contributed by atoms with Gasteiger partial charge in [0.1, 0.15) is 5.41 Å². The molecule has 0 spiro atoms. The number of nitrogens with one attached hydrogen (secondary N) is 1. The van der Waals surface area contributed by atoms with Crippen molar-refractivity contribution in [1.82, 2.24) is 4.98 Å². The molecule has 0 radical (unpaired) electrons.